The molecule has 2 aromatic heterocycles. The van der Waals surface area contributed by atoms with Crippen molar-refractivity contribution in [2.24, 2.45) is 0 Å². The predicted molar refractivity (Wildman–Crippen MR) is 217 cm³/mol. The zero-order valence-electron chi connectivity index (χ0n) is 28.4. The Morgan fingerprint density at radius 1 is 0.434 bits per heavy atom. The highest BCUT2D eigenvalue weighted by Crippen LogP contribution is 2.43. The molecule has 0 radical (unpaired) electrons. The number of furan rings is 1. The largest absolute Gasteiger partial charge is 0.551 e. The van der Waals surface area contributed by atoms with Crippen molar-refractivity contribution in [2.75, 3.05) is 0 Å². The van der Waals surface area contributed by atoms with Gasteiger partial charge in [0, 0.05) is 49.3 Å². The van der Waals surface area contributed by atoms with Crippen molar-refractivity contribution in [3.63, 3.8) is 0 Å². The zero-order valence-corrected chi connectivity index (χ0v) is 28.4. The Bertz CT molecular complexity index is 3080. The minimum atomic E-state index is -0.313. The molecule has 10 aromatic rings. The van der Waals surface area contributed by atoms with Crippen LogP contribution in [-0.4, -0.2) is 11.5 Å². The van der Waals surface area contributed by atoms with Gasteiger partial charge in [-0.1, -0.05) is 121 Å². The fraction of sp³-hybridized carbons (Fsp3) is 0. The van der Waals surface area contributed by atoms with Gasteiger partial charge in [-0.15, -0.1) is 0 Å². The van der Waals surface area contributed by atoms with E-state index in [1.807, 2.05) is 18.2 Å². The van der Waals surface area contributed by atoms with Gasteiger partial charge in [-0.05, 0) is 70.8 Å². The van der Waals surface area contributed by atoms with Gasteiger partial charge in [-0.25, -0.2) is 0 Å². The lowest BCUT2D eigenvalue weighted by atomic mass is 9.50. The second kappa shape index (κ2) is 10.8. The minimum absolute atomic E-state index is 0.313. The number of aromatic nitrogens is 1. The number of benzene rings is 8. The smallest absolute Gasteiger partial charge is 0.434 e. The van der Waals surface area contributed by atoms with E-state index in [1.54, 1.807) is 0 Å². The Hall–Kier alpha value is -6.98. The molecule has 0 fully saturated rings. The Labute approximate surface area is 305 Å². The Morgan fingerprint density at radius 2 is 1.11 bits per heavy atom. The first-order chi connectivity index (χ1) is 26.3. The topological polar surface area (TPSA) is 36.5 Å². The Kier molecular flexibility index (Phi) is 5.83. The highest BCUT2D eigenvalue weighted by molar-refractivity contribution is 6.84. The molecule has 0 bridgehead atoms. The molecule has 5 heteroatoms. The normalized spacial score (nSPS) is 12.8. The molecule has 53 heavy (non-hydrogen) atoms. The summed E-state index contributed by atoms with van der Waals surface area (Å²) in [5.41, 5.74) is 13.9. The van der Waals surface area contributed by atoms with Crippen LogP contribution in [0.25, 0.3) is 82.8 Å². The van der Waals surface area contributed by atoms with E-state index >= 15 is 0 Å². The third kappa shape index (κ3) is 4.13. The molecule has 0 saturated heterocycles. The number of hydrogen-bond acceptors (Lipinski definition) is 3. The van der Waals surface area contributed by atoms with Crippen LogP contribution < -0.4 is 20.3 Å². The van der Waals surface area contributed by atoms with Crippen molar-refractivity contribution in [2.45, 2.75) is 0 Å². The molecule has 2 aliphatic heterocycles. The van der Waals surface area contributed by atoms with Crippen LogP contribution in [0.3, 0.4) is 0 Å². The number of rotatable bonds is 3. The van der Waals surface area contributed by atoms with Crippen LogP contribution in [0.1, 0.15) is 0 Å². The molecule has 8 aromatic carbocycles. The first-order valence-electron chi connectivity index (χ1n) is 18.0. The lowest BCUT2D eigenvalue weighted by Crippen LogP contribution is -2.53. The van der Waals surface area contributed by atoms with Gasteiger partial charge >= 0.3 is 6.92 Å². The maximum Gasteiger partial charge on any atom is 0.434 e. The second-order valence-corrected chi connectivity index (χ2v) is 14.0. The van der Waals surface area contributed by atoms with Crippen molar-refractivity contribution in [3.05, 3.63) is 170 Å². The zero-order chi connectivity index (χ0) is 34.6. The summed E-state index contributed by atoms with van der Waals surface area (Å²) in [5, 5.41) is 4.75. The van der Waals surface area contributed by atoms with Crippen LogP contribution in [0, 0.1) is 0 Å². The summed E-state index contributed by atoms with van der Waals surface area (Å²) in [7, 11) is 0. The van der Waals surface area contributed by atoms with E-state index in [0.29, 0.717) is 0 Å². The molecule has 2 aliphatic rings. The number of fused-ring (bicyclic) bond motifs is 10. The number of hydrogen-bond donors (Lipinski definition) is 0. The van der Waals surface area contributed by atoms with E-state index in [-0.39, 0.29) is 6.92 Å². The molecule has 0 spiro atoms. The molecule has 0 amide bonds. The Morgan fingerprint density at radius 3 is 1.94 bits per heavy atom. The average molecular weight is 678 g/mol. The molecular weight excluding hydrogens is 649 g/mol. The summed E-state index contributed by atoms with van der Waals surface area (Å²) in [4.78, 5) is 0. The van der Waals surface area contributed by atoms with Crippen molar-refractivity contribution < 1.29 is 13.8 Å². The van der Waals surface area contributed by atoms with Crippen LogP contribution in [0.5, 0.6) is 17.2 Å². The first-order valence-corrected chi connectivity index (χ1v) is 18.0. The maximum absolute atomic E-state index is 7.03. The summed E-state index contributed by atoms with van der Waals surface area (Å²) in [5.74, 6) is 2.50. The van der Waals surface area contributed by atoms with Gasteiger partial charge < -0.3 is 18.4 Å². The van der Waals surface area contributed by atoms with E-state index in [4.69, 9.17) is 13.8 Å². The molecule has 0 saturated carbocycles. The standard InChI is InChI=1S/C48H28BNO3/c1-4-15-41-34(9-1)35-10-2-5-16-42(35)50(41)32-23-19-29(20-24-32)30-22-26-44-40(27-30)49-47-38(13-8-18-45(47)51-44)37-25-21-31(28-46(37)53-49)33-12-7-14-39-36-11-3-6-17-43(36)52-48(33)39/h1-28H. The molecule has 0 N–H and O–H groups in total. The summed E-state index contributed by atoms with van der Waals surface area (Å²) in [6.45, 7) is -0.313. The SMILES string of the molecule is c1cc2c3c(c1)-c1ccc(-c4cccc5c4oc4ccccc45)cc1OB3c1cc(-c3ccc(-n4c5ccccc5c5ccccc54)cc3)ccc1O2. The van der Waals surface area contributed by atoms with Crippen LogP contribution in [0.2, 0.25) is 0 Å². The van der Waals surface area contributed by atoms with Crippen molar-refractivity contribution in [1.82, 2.24) is 4.57 Å². The van der Waals surface area contributed by atoms with Crippen LogP contribution in [0.4, 0.5) is 0 Å². The van der Waals surface area contributed by atoms with E-state index in [1.165, 1.54) is 21.8 Å². The highest BCUT2D eigenvalue weighted by Gasteiger charge is 2.41. The maximum atomic E-state index is 7.03. The van der Waals surface area contributed by atoms with Gasteiger partial charge in [-0.2, -0.15) is 0 Å². The van der Waals surface area contributed by atoms with E-state index in [2.05, 4.69) is 156 Å². The molecule has 246 valence electrons. The van der Waals surface area contributed by atoms with Gasteiger partial charge in [0.25, 0.3) is 0 Å². The fourth-order valence-electron chi connectivity index (χ4n) is 8.68. The van der Waals surface area contributed by atoms with Crippen LogP contribution >= 0.6 is 0 Å². The fourth-order valence-corrected chi connectivity index (χ4v) is 8.68. The Balaban J connectivity index is 0.944. The molecule has 0 atom stereocenters. The lowest BCUT2D eigenvalue weighted by molar-refractivity contribution is 0.479. The summed E-state index contributed by atoms with van der Waals surface area (Å²) in [6.07, 6.45) is 0. The molecule has 0 aliphatic carbocycles. The van der Waals surface area contributed by atoms with Gasteiger partial charge in [0.2, 0.25) is 0 Å². The second-order valence-electron chi connectivity index (χ2n) is 14.0. The summed E-state index contributed by atoms with van der Waals surface area (Å²) < 4.78 is 22.3. The lowest BCUT2D eigenvalue weighted by Gasteiger charge is -2.33. The van der Waals surface area contributed by atoms with Gasteiger partial charge in [0.15, 0.2) is 0 Å². The summed E-state index contributed by atoms with van der Waals surface area (Å²) >= 11 is 0. The van der Waals surface area contributed by atoms with E-state index in [0.717, 1.165) is 89.2 Å². The summed E-state index contributed by atoms with van der Waals surface area (Å²) in [6, 6.07) is 59.9. The highest BCUT2D eigenvalue weighted by atomic mass is 16.5. The molecule has 4 nitrogen and oxygen atoms in total. The number of nitrogens with zero attached hydrogens (tertiary/aromatic N) is 1. The third-order valence-corrected chi connectivity index (χ3v) is 11.1. The predicted octanol–water partition coefficient (Wildman–Crippen LogP) is 11.3. The van der Waals surface area contributed by atoms with Crippen LogP contribution in [0.15, 0.2) is 174 Å². The molecule has 4 heterocycles. The quantitative estimate of drug-likeness (QED) is 0.175. The number of ether oxygens (including phenoxy) is 1. The minimum Gasteiger partial charge on any atom is -0.551 e. The van der Waals surface area contributed by atoms with E-state index in [9.17, 15) is 0 Å². The monoisotopic (exact) mass is 677 g/mol. The van der Waals surface area contributed by atoms with E-state index < -0.39 is 0 Å². The molecular formula is C48H28BNO3. The van der Waals surface area contributed by atoms with Crippen LogP contribution in [-0.2, 0) is 0 Å². The van der Waals surface area contributed by atoms with Gasteiger partial charge in [-0.3, -0.25) is 0 Å². The van der Waals surface area contributed by atoms with Gasteiger partial charge in [0.1, 0.15) is 28.4 Å². The van der Waals surface area contributed by atoms with Crippen molar-refractivity contribution in [3.8, 4) is 56.3 Å². The van der Waals surface area contributed by atoms with Crippen molar-refractivity contribution >= 4 is 61.6 Å². The van der Waals surface area contributed by atoms with Gasteiger partial charge in [0.05, 0.1) is 11.0 Å². The third-order valence-electron chi connectivity index (χ3n) is 11.1. The molecule has 0 unspecified atom stereocenters. The number of para-hydroxylation sites is 4. The molecule has 12 rings (SSSR count). The van der Waals surface area contributed by atoms with Crippen molar-refractivity contribution in [1.29, 1.82) is 0 Å². The first kappa shape index (κ1) is 28.7. The average Bonchev–Trinajstić information content (AvgIpc) is 3.77.